The zero-order chi connectivity index (χ0) is 12.5. The van der Waals surface area contributed by atoms with E-state index >= 15 is 0 Å². The highest BCUT2D eigenvalue weighted by atomic mass is 14.8. The third-order valence-corrected chi connectivity index (χ3v) is 9.73. The smallest absolute Gasteiger partial charge is 0.0318 e. The van der Waals surface area contributed by atoms with Crippen LogP contribution < -0.4 is 0 Å². The van der Waals surface area contributed by atoms with Gasteiger partial charge in [0.25, 0.3) is 0 Å². The largest absolute Gasteiger partial charge is 0.0620 e. The van der Waals surface area contributed by atoms with Crippen LogP contribution in [0.4, 0.5) is 0 Å². The molecule has 104 valence electrons. The van der Waals surface area contributed by atoms with E-state index in [-0.39, 0.29) is 0 Å². The Hall–Kier alpha value is 0. The van der Waals surface area contributed by atoms with Crippen LogP contribution >= 0.6 is 0 Å². The number of hydrogen-bond acceptors (Lipinski definition) is 0. The first-order chi connectivity index (χ1) is 9.25. The van der Waals surface area contributed by atoms with Crippen LogP contribution in [0.2, 0.25) is 0 Å². The van der Waals surface area contributed by atoms with E-state index in [1.165, 1.54) is 47.3 Å². The van der Waals surface area contributed by atoms with Crippen molar-refractivity contribution in [2.24, 2.45) is 71.0 Å². The van der Waals surface area contributed by atoms with Crippen LogP contribution in [0.5, 0.6) is 0 Å². The van der Waals surface area contributed by atoms with Crippen molar-refractivity contribution in [2.45, 2.75) is 46.0 Å². The van der Waals surface area contributed by atoms with Crippen molar-refractivity contribution >= 4 is 0 Å². The molecule has 6 saturated carbocycles. The molecule has 0 aromatic heterocycles. The molecule has 0 heteroatoms. The van der Waals surface area contributed by atoms with Gasteiger partial charge in [-0.15, -0.1) is 0 Å². The molecule has 19 heavy (non-hydrogen) atoms. The summed E-state index contributed by atoms with van der Waals surface area (Å²) in [5, 5.41) is 0. The topological polar surface area (TPSA) is 0 Å². The predicted molar refractivity (Wildman–Crippen MR) is 76.3 cm³/mol. The SMILES string of the molecule is CC1C(C)C2CC1C1C3CC(C4C5CCC(C5)C34)C21. The maximum absolute atomic E-state index is 2.59. The zero-order valence-electron chi connectivity index (χ0n) is 12.5. The summed E-state index contributed by atoms with van der Waals surface area (Å²) < 4.78 is 0. The van der Waals surface area contributed by atoms with Gasteiger partial charge in [0.15, 0.2) is 0 Å². The third-order valence-electron chi connectivity index (χ3n) is 9.73. The van der Waals surface area contributed by atoms with E-state index in [0.29, 0.717) is 0 Å². The van der Waals surface area contributed by atoms with E-state index in [1.54, 1.807) is 32.1 Å². The molecular weight excluding hydrogens is 228 g/mol. The van der Waals surface area contributed by atoms with Crippen LogP contribution in [-0.4, -0.2) is 0 Å². The predicted octanol–water partition coefficient (Wildman–Crippen LogP) is 4.45. The van der Waals surface area contributed by atoms with Crippen LogP contribution in [-0.2, 0) is 0 Å². The molecule has 12 atom stereocenters. The first kappa shape index (κ1) is 10.7. The van der Waals surface area contributed by atoms with Crippen molar-refractivity contribution in [3.05, 3.63) is 0 Å². The Bertz CT molecular complexity index is 401. The second-order valence-electron chi connectivity index (χ2n) is 9.49. The van der Waals surface area contributed by atoms with Crippen molar-refractivity contribution in [3.63, 3.8) is 0 Å². The van der Waals surface area contributed by atoms with Crippen molar-refractivity contribution in [3.8, 4) is 0 Å². The highest BCUT2D eigenvalue weighted by Gasteiger charge is 2.71. The van der Waals surface area contributed by atoms with E-state index in [4.69, 9.17) is 0 Å². The van der Waals surface area contributed by atoms with E-state index in [0.717, 1.165) is 23.7 Å². The van der Waals surface area contributed by atoms with Gasteiger partial charge in [-0.3, -0.25) is 0 Å². The Morgan fingerprint density at radius 3 is 1.53 bits per heavy atom. The summed E-state index contributed by atoms with van der Waals surface area (Å²) in [7, 11) is 0. The minimum Gasteiger partial charge on any atom is -0.0620 e. The molecule has 0 amide bonds. The molecule has 0 saturated heterocycles. The molecule has 6 rings (SSSR count). The fourth-order valence-corrected chi connectivity index (χ4v) is 9.42. The summed E-state index contributed by atoms with van der Waals surface area (Å²) in [5.74, 6) is 14.1. The number of fused-ring (bicyclic) bond motifs is 16. The molecule has 0 aromatic carbocycles. The lowest BCUT2D eigenvalue weighted by molar-refractivity contribution is -0.00685. The Morgan fingerprint density at radius 2 is 1.00 bits per heavy atom. The number of hydrogen-bond donors (Lipinski definition) is 0. The van der Waals surface area contributed by atoms with Gasteiger partial charge in [-0.25, -0.2) is 0 Å². The molecule has 0 nitrogen and oxygen atoms in total. The lowest BCUT2D eigenvalue weighted by Crippen LogP contribution is -2.44. The Balaban J connectivity index is 1.44. The maximum Gasteiger partial charge on any atom is -0.0318 e. The lowest BCUT2D eigenvalue weighted by atomic mass is 9.57. The summed E-state index contributed by atoms with van der Waals surface area (Å²) in [6.07, 6.45) is 8.21. The molecule has 6 fully saturated rings. The summed E-state index contributed by atoms with van der Waals surface area (Å²) >= 11 is 0. The fourth-order valence-electron chi connectivity index (χ4n) is 9.42. The van der Waals surface area contributed by atoms with E-state index < -0.39 is 0 Å². The molecule has 6 bridgehead atoms. The molecule has 0 spiro atoms. The van der Waals surface area contributed by atoms with Crippen molar-refractivity contribution in [1.82, 2.24) is 0 Å². The molecule has 6 aliphatic rings. The number of rotatable bonds is 0. The van der Waals surface area contributed by atoms with Gasteiger partial charge >= 0.3 is 0 Å². The van der Waals surface area contributed by atoms with Crippen LogP contribution in [0, 0.1) is 71.0 Å². The Labute approximate surface area is 117 Å². The second-order valence-corrected chi connectivity index (χ2v) is 9.49. The quantitative estimate of drug-likeness (QED) is 0.562. The fraction of sp³-hybridized carbons (Fsp3) is 1.00. The first-order valence-electron chi connectivity index (χ1n) is 9.25. The minimum atomic E-state index is 1.06. The third kappa shape index (κ3) is 0.968. The van der Waals surface area contributed by atoms with E-state index in [2.05, 4.69) is 13.8 Å². The average Bonchev–Trinajstić information content (AvgIpc) is 3.15. The first-order valence-corrected chi connectivity index (χ1v) is 9.25. The molecular formula is C19H28. The summed E-state index contributed by atoms with van der Waals surface area (Å²) in [5.41, 5.74) is 0. The lowest BCUT2D eigenvalue weighted by Gasteiger charge is -2.48. The van der Waals surface area contributed by atoms with Crippen LogP contribution in [0.25, 0.3) is 0 Å². The van der Waals surface area contributed by atoms with Gasteiger partial charge in [-0.2, -0.15) is 0 Å². The van der Waals surface area contributed by atoms with Gasteiger partial charge in [-0.1, -0.05) is 13.8 Å². The zero-order valence-corrected chi connectivity index (χ0v) is 12.5. The van der Waals surface area contributed by atoms with Gasteiger partial charge in [0.1, 0.15) is 0 Å². The Kier molecular flexibility index (Phi) is 1.74. The highest BCUT2D eigenvalue weighted by Crippen LogP contribution is 2.77. The molecule has 0 aliphatic heterocycles. The maximum atomic E-state index is 2.59. The summed E-state index contributed by atoms with van der Waals surface area (Å²) in [4.78, 5) is 0. The van der Waals surface area contributed by atoms with Gasteiger partial charge in [0, 0.05) is 0 Å². The second kappa shape index (κ2) is 3.09. The minimum absolute atomic E-state index is 1.06. The molecule has 0 aromatic rings. The van der Waals surface area contributed by atoms with Crippen LogP contribution in [0.15, 0.2) is 0 Å². The van der Waals surface area contributed by atoms with Gasteiger partial charge < -0.3 is 0 Å². The van der Waals surface area contributed by atoms with E-state index in [1.807, 2.05) is 0 Å². The van der Waals surface area contributed by atoms with Gasteiger partial charge in [0.2, 0.25) is 0 Å². The van der Waals surface area contributed by atoms with Crippen molar-refractivity contribution in [1.29, 1.82) is 0 Å². The molecule has 0 heterocycles. The van der Waals surface area contributed by atoms with Crippen LogP contribution in [0.3, 0.4) is 0 Å². The average molecular weight is 256 g/mol. The standard InChI is InChI=1S/C19H28/c1-8-9(2)13-6-12(8)18-14-7-15(19(13)18)17-11-4-3-10(5-11)16(14)17/h8-19H,3-7H2,1-2H3. The molecule has 12 unspecified atom stereocenters. The van der Waals surface area contributed by atoms with E-state index in [9.17, 15) is 0 Å². The summed E-state index contributed by atoms with van der Waals surface area (Å²) in [6, 6.07) is 0. The van der Waals surface area contributed by atoms with Crippen molar-refractivity contribution < 1.29 is 0 Å². The molecule has 0 radical (unpaired) electrons. The van der Waals surface area contributed by atoms with Crippen LogP contribution in [0.1, 0.15) is 46.0 Å². The monoisotopic (exact) mass is 256 g/mol. The normalized spacial score (nSPS) is 74.8. The van der Waals surface area contributed by atoms with Crippen molar-refractivity contribution in [2.75, 3.05) is 0 Å². The Morgan fingerprint density at radius 1 is 0.526 bits per heavy atom. The molecule has 6 aliphatic carbocycles. The summed E-state index contributed by atoms with van der Waals surface area (Å²) in [6.45, 7) is 5.19. The highest BCUT2D eigenvalue weighted by molar-refractivity contribution is 5.19. The van der Waals surface area contributed by atoms with Gasteiger partial charge in [0.05, 0.1) is 0 Å². The van der Waals surface area contributed by atoms with Gasteiger partial charge in [-0.05, 0) is 103 Å². The molecule has 0 N–H and O–H groups in total.